The molecule has 5 heteroatoms. The van der Waals surface area contributed by atoms with Crippen LogP contribution in [0, 0.1) is 6.92 Å². The normalized spacial score (nSPS) is 10.7. The molecule has 0 fully saturated rings. The molecule has 1 aromatic heterocycles. The first-order chi connectivity index (χ1) is 10.1. The van der Waals surface area contributed by atoms with Gasteiger partial charge in [-0.2, -0.15) is 0 Å². The number of benzene rings is 1. The molecule has 0 spiro atoms. The molecular weight excluding hydrogens is 286 g/mol. The Balaban J connectivity index is 2.35. The van der Waals surface area contributed by atoms with Gasteiger partial charge in [0.2, 0.25) is 0 Å². The van der Waals surface area contributed by atoms with Gasteiger partial charge in [-0.1, -0.05) is 23.7 Å². The van der Waals surface area contributed by atoms with Crippen LogP contribution in [-0.4, -0.2) is 23.1 Å². The lowest BCUT2D eigenvalue weighted by molar-refractivity contribution is 0.128. The van der Waals surface area contributed by atoms with Crippen LogP contribution >= 0.6 is 11.6 Å². The zero-order chi connectivity index (χ0) is 15.2. The predicted octanol–water partition coefficient (Wildman–Crippen LogP) is 4.13. The molecule has 0 saturated carbocycles. The van der Waals surface area contributed by atoms with Gasteiger partial charge in [-0.25, -0.2) is 9.97 Å². The molecule has 0 atom stereocenters. The Morgan fingerprint density at radius 3 is 2.67 bits per heavy atom. The van der Waals surface area contributed by atoms with Crippen LogP contribution in [0.25, 0.3) is 0 Å². The summed E-state index contributed by atoms with van der Waals surface area (Å²) in [6.45, 7) is 7.89. The molecule has 1 heterocycles. The van der Waals surface area contributed by atoms with Crippen LogP contribution in [0.4, 0.5) is 11.5 Å². The molecule has 0 aliphatic heterocycles. The zero-order valence-corrected chi connectivity index (χ0v) is 13.4. The van der Waals surface area contributed by atoms with Crippen LogP contribution in [0.3, 0.4) is 0 Å². The molecule has 0 saturated heterocycles. The van der Waals surface area contributed by atoms with Gasteiger partial charge in [-0.3, -0.25) is 0 Å². The lowest BCUT2D eigenvalue weighted by atomic mass is 10.2. The summed E-state index contributed by atoms with van der Waals surface area (Å²) in [6, 6.07) is 10.1. The summed E-state index contributed by atoms with van der Waals surface area (Å²) in [5.41, 5.74) is 2.30. The highest BCUT2D eigenvalue weighted by molar-refractivity contribution is 6.29. The third-order valence-electron chi connectivity index (χ3n) is 3.07. The van der Waals surface area contributed by atoms with E-state index in [2.05, 4.69) is 46.9 Å². The Labute approximate surface area is 130 Å². The minimum Gasteiger partial charge on any atom is -0.374 e. The van der Waals surface area contributed by atoms with Crippen molar-refractivity contribution in [3.63, 3.8) is 0 Å². The molecule has 0 aliphatic carbocycles. The fourth-order valence-electron chi connectivity index (χ4n) is 2.12. The summed E-state index contributed by atoms with van der Waals surface area (Å²) < 4.78 is 5.37. The van der Waals surface area contributed by atoms with Crippen molar-refractivity contribution in [2.75, 3.05) is 18.1 Å². The van der Waals surface area contributed by atoms with E-state index in [0.29, 0.717) is 24.2 Å². The van der Waals surface area contributed by atoms with E-state index >= 15 is 0 Å². The minimum atomic E-state index is 0.370. The first-order valence-corrected chi connectivity index (χ1v) is 7.47. The van der Waals surface area contributed by atoms with Gasteiger partial charge in [0.1, 0.15) is 17.6 Å². The molecule has 2 aromatic rings. The summed E-state index contributed by atoms with van der Waals surface area (Å²) in [4.78, 5) is 10.9. The second-order valence-corrected chi connectivity index (χ2v) is 5.07. The number of hydrogen-bond acceptors (Lipinski definition) is 4. The standard InChI is InChI=1S/C16H20ClN3O/c1-4-20(13-8-6-7-12(3)9-13)16-10-14(17)18-15(19-16)11-21-5-2/h6-10H,4-5,11H2,1-3H3. The number of hydrogen-bond donors (Lipinski definition) is 0. The molecule has 21 heavy (non-hydrogen) atoms. The predicted molar refractivity (Wildman–Crippen MR) is 86.2 cm³/mol. The molecule has 0 N–H and O–H groups in total. The van der Waals surface area contributed by atoms with Crippen molar-refractivity contribution in [1.29, 1.82) is 0 Å². The molecule has 0 bridgehead atoms. The van der Waals surface area contributed by atoms with Crippen LogP contribution < -0.4 is 4.90 Å². The second-order valence-electron chi connectivity index (χ2n) is 4.69. The maximum atomic E-state index is 6.12. The fraction of sp³-hybridized carbons (Fsp3) is 0.375. The lowest BCUT2D eigenvalue weighted by Gasteiger charge is -2.23. The maximum Gasteiger partial charge on any atom is 0.158 e. The molecule has 4 nitrogen and oxygen atoms in total. The molecule has 112 valence electrons. The van der Waals surface area contributed by atoms with E-state index in [1.807, 2.05) is 13.0 Å². The molecule has 1 aromatic carbocycles. The largest absolute Gasteiger partial charge is 0.374 e. The first-order valence-electron chi connectivity index (χ1n) is 7.09. The fourth-order valence-corrected chi connectivity index (χ4v) is 2.32. The number of aryl methyl sites for hydroxylation is 1. The summed E-state index contributed by atoms with van der Waals surface area (Å²) in [5, 5.41) is 0.431. The van der Waals surface area contributed by atoms with Crippen LogP contribution in [0.5, 0.6) is 0 Å². The molecule has 0 radical (unpaired) electrons. The Bertz CT molecular complexity index is 604. The van der Waals surface area contributed by atoms with Crippen molar-refractivity contribution >= 4 is 23.1 Å². The van der Waals surface area contributed by atoms with Gasteiger partial charge < -0.3 is 9.64 Å². The lowest BCUT2D eigenvalue weighted by Crippen LogP contribution is -2.18. The van der Waals surface area contributed by atoms with Crippen molar-refractivity contribution < 1.29 is 4.74 Å². The first kappa shape index (κ1) is 15.7. The van der Waals surface area contributed by atoms with Crippen molar-refractivity contribution in [2.45, 2.75) is 27.4 Å². The Morgan fingerprint density at radius 1 is 1.19 bits per heavy atom. The molecule has 0 unspecified atom stereocenters. The third-order valence-corrected chi connectivity index (χ3v) is 3.26. The topological polar surface area (TPSA) is 38.2 Å². The Kier molecular flexibility index (Phi) is 5.53. The number of anilines is 2. The minimum absolute atomic E-state index is 0.370. The van der Waals surface area contributed by atoms with Crippen molar-refractivity contribution in [2.24, 2.45) is 0 Å². The van der Waals surface area contributed by atoms with Crippen molar-refractivity contribution in [1.82, 2.24) is 9.97 Å². The van der Waals surface area contributed by atoms with Gasteiger partial charge in [-0.15, -0.1) is 0 Å². The summed E-state index contributed by atoms with van der Waals surface area (Å²) in [5.74, 6) is 1.39. The highest BCUT2D eigenvalue weighted by atomic mass is 35.5. The van der Waals surface area contributed by atoms with E-state index in [1.165, 1.54) is 5.56 Å². The average Bonchev–Trinajstić information content (AvgIpc) is 2.45. The van der Waals surface area contributed by atoms with Crippen LogP contribution in [0.1, 0.15) is 25.2 Å². The van der Waals surface area contributed by atoms with E-state index in [-0.39, 0.29) is 0 Å². The smallest absolute Gasteiger partial charge is 0.158 e. The monoisotopic (exact) mass is 305 g/mol. The number of ether oxygens (including phenoxy) is 1. The highest BCUT2D eigenvalue weighted by Gasteiger charge is 2.12. The van der Waals surface area contributed by atoms with Crippen LogP contribution in [-0.2, 0) is 11.3 Å². The van der Waals surface area contributed by atoms with E-state index in [4.69, 9.17) is 16.3 Å². The van der Waals surface area contributed by atoms with Gasteiger partial charge >= 0.3 is 0 Å². The SMILES string of the molecule is CCOCc1nc(Cl)cc(N(CC)c2cccc(C)c2)n1. The maximum absolute atomic E-state index is 6.12. The van der Waals surface area contributed by atoms with Gasteiger partial charge in [0.05, 0.1) is 0 Å². The quantitative estimate of drug-likeness (QED) is 0.752. The van der Waals surface area contributed by atoms with Crippen LogP contribution in [0.15, 0.2) is 30.3 Å². The molecule has 0 aliphatic rings. The summed E-state index contributed by atoms with van der Waals surface area (Å²) >= 11 is 6.12. The number of nitrogens with zero attached hydrogens (tertiary/aromatic N) is 3. The highest BCUT2D eigenvalue weighted by Crippen LogP contribution is 2.26. The average molecular weight is 306 g/mol. The van der Waals surface area contributed by atoms with Crippen LogP contribution in [0.2, 0.25) is 5.15 Å². The van der Waals surface area contributed by atoms with E-state index < -0.39 is 0 Å². The Morgan fingerprint density at radius 2 is 2.00 bits per heavy atom. The van der Waals surface area contributed by atoms with Gasteiger partial charge in [0.15, 0.2) is 5.82 Å². The zero-order valence-electron chi connectivity index (χ0n) is 12.6. The van der Waals surface area contributed by atoms with Gasteiger partial charge in [0, 0.05) is 24.9 Å². The van der Waals surface area contributed by atoms with E-state index in [0.717, 1.165) is 18.1 Å². The summed E-state index contributed by atoms with van der Waals surface area (Å²) in [6.07, 6.45) is 0. The van der Waals surface area contributed by atoms with Crippen molar-refractivity contribution in [3.05, 3.63) is 46.9 Å². The molecular formula is C16H20ClN3O. The summed E-state index contributed by atoms with van der Waals surface area (Å²) in [7, 11) is 0. The van der Waals surface area contributed by atoms with Gasteiger partial charge in [0.25, 0.3) is 0 Å². The second kappa shape index (κ2) is 7.38. The molecule has 2 rings (SSSR count). The Hall–Kier alpha value is -1.65. The van der Waals surface area contributed by atoms with Gasteiger partial charge in [-0.05, 0) is 38.5 Å². The number of rotatable bonds is 6. The molecule has 0 amide bonds. The third kappa shape index (κ3) is 4.16. The number of halogens is 1. The number of aromatic nitrogens is 2. The van der Waals surface area contributed by atoms with E-state index in [1.54, 1.807) is 6.07 Å². The van der Waals surface area contributed by atoms with Crippen molar-refractivity contribution in [3.8, 4) is 0 Å². The van der Waals surface area contributed by atoms with E-state index in [9.17, 15) is 0 Å².